The van der Waals surface area contributed by atoms with E-state index in [9.17, 15) is 9.59 Å². The lowest BCUT2D eigenvalue weighted by molar-refractivity contribution is -0.122. The van der Waals surface area contributed by atoms with Gasteiger partial charge >= 0.3 is 0 Å². The van der Waals surface area contributed by atoms with Crippen LogP contribution in [0, 0.1) is 0 Å². The maximum atomic E-state index is 12.3. The predicted octanol–water partition coefficient (Wildman–Crippen LogP) is 0.287. The second-order valence-corrected chi connectivity index (χ2v) is 4.59. The fourth-order valence-corrected chi connectivity index (χ4v) is 1.77. The first-order valence-corrected chi connectivity index (χ1v) is 7.13. The monoisotopic (exact) mass is 309 g/mol. The zero-order valence-corrected chi connectivity index (χ0v) is 13.1. The third kappa shape index (κ3) is 4.92. The molecule has 0 heterocycles. The number of ether oxygens (including phenoxy) is 2. The number of nitrogens with one attached hydrogen (secondary N) is 2. The molecule has 7 heteroatoms. The van der Waals surface area contributed by atoms with Gasteiger partial charge in [-0.1, -0.05) is 0 Å². The summed E-state index contributed by atoms with van der Waals surface area (Å²) in [5.41, 5.74) is 5.74. The molecule has 1 rings (SSSR count). The van der Waals surface area contributed by atoms with Gasteiger partial charge in [0, 0.05) is 19.2 Å². The first-order chi connectivity index (χ1) is 10.5. The van der Waals surface area contributed by atoms with E-state index < -0.39 is 11.9 Å². The van der Waals surface area contributed by atoms with E-state index in [0.29, 0.717) is 30.2 Å². The molecule has 1 atom stereocenters. The van der Waals surface area contributed by atoms with Gasteiger partial charge in [0.25, 0.3) is 5.91 Å². The Morgan fingerprint density at radius 1 is 1.36 bits per heavy atom. The van der Waals surface area contributed by atoms with Crippen LogP contribution in [0.3, 0.4) is 0 Å². The van der Waals surface area contributed by atoms with Crippen molar-refractivity contribution in [2.75, 3.05) is 26.8 Å². The number of likely N-dealkylation sites (N-methyl/N-ethyl adjacent to an activating group) is 1. The topological polar surface area (TPSA) is 103 Å². The van der Waals surface area contributed by atoms with Gasteiger partial charge in [-0.2, -0.15) is 0 Å². The summed E-state index contributed by atoms with van der Waals surface area (Å²) in [5.74, 6) is 0.299. The van der Waals surface area contributed by atoms with Crippen LogP contribution in [0.4, 0.5) is 0 Å². The van der Waals surface area contributed by atoms with E-state index in [1.54, 1.807) is 25.1 Å². The van der Waals surface area contributed by atoms with E-state index in [4.69, 9.17) is 15.2 Å². The van der Waals surface area contributed by atoms with Gasteiger partial charge in [-0.25, -0.2) is 0 Å². The van der Waals surface area contributed by atoms with E-state index in [2.05, 4.69) is 10.6 Å². The van der Waals surface area contributed by atoms with E-state index in [0.717, 1.165) is 0 Å². The van der Waals surface area contributed by atoms with Crippen molar-refractivity contribution in [3.05, 3.63) is 23.8 Å². The molecule has 0 aliphatic rings. The Balaban J connectivity index is 2.89. The number of amides is 2. The third-order valence-corrected chi connectivity index (χ3v) is 2.90. The van der Waals surface area contributed by atoms with Crippen LogP contribution in [0.1, 0.15) is 24.2 Å². The van der Waals surface area contributed by atoms with E-state index in [1.165, 1.54) is 7.11 Å². The van der Waals surface area contributed by atoms with Crippen molar-refractivity contribution in [1.82, 2.24) is 10.6 Å². The molecule has 4 N–H and O–H groups in total. The SMILES string of the molecule is CCNC(=O)C(C)NC(=O)c1ccc(OC)cc1OCCN. The molecule has 7 nitrogen and oxygen atoms in total. The standard InChI is InChI=1S/C15H23N3O4/c1-4-17-14(19)10(2)18-15(20)12-6-5-11(21-3)9-13(12)22-8-7-16/h5-6,9-10H,4,7-8,16H2,1-3H3,(H,17,19)(H,18,20). The lowest BCUT2D eigenvalue weighted by Gasteiger charge is -2.16. The largest absolute Gasteiger partial charge is 0.497 e. The average molecular weight is 309 g/mol. The minimum absolute atomic E-state index is 0.242. The highest BCUT2D eigenvalue weighted by Gasteiger charge is 2.19. The molecular weight excluding hydrogens is 286 g/mol. The summed E-state index contributed by atoms with van der Waals surface area (Å²) >= 11 is 0. The Bertz CT molecular complexity index is 520. The Morgan fingerprint density at radius 2 is 2.09 bits per heavy atom. The lowest BCUT2D eigenvalue weighted by atomic mass is 10.1. The summed E-state index contributed by atoms with van der Waals surface area (Å²) in [5, 5.41) is 5.28. The first-order valence-electron chi connectivity index (χ1n) is 7.13. The third-order valence-electron chi connectivity index (χ3n) is 2.90. The maximum absolute atomic E-state index is 12.3. The molecule has 0 aliphatic carbocycles. The van der Waals surface area contributed by atoms with Gasteiger partial charge in [0.2, 0.25) is 5.91 Å². The molecule has 1 aromatic rings. The summed E-state index contributed by atoms with van der Waals surface area (Å²) in [4.78, 5) is 24.0. The smallest absolute Gasteiger partial charge is 0.255 e. The number of hydrogen-bond acceptors (Lipinski definition) is 5. The van der Waals surface area contributed by atoms with Gasteiger partial charge in [0.15, 0.2) is 0 Å². The first kappa shape index (κ1) is 17.8. The minimum Gasteiger partial charge on any atom is -0.497 e. The number of carbonyl (C=O) groups is 2. The van der Waals surface area contributed by atoms with E-state index in [1.807, 2.05) is 6.92 Å². The molecule has 0 spiro atoms. The van der Waals surface area contributed by atoms with Crippen molar-refractivity contribution in [2.24, 2.45) is 5.73 Å². The van der Waals surface area contributed by atoms with Crippen molar-refractivity contribution >= 4 is 11.8 Å². The van der Waals surface area contributed by atoms with Gasteiger partial charge in [0.05, 0.1) is 12.7 Å². The highest BCUT2D eigenvalue weighted by Crippen LogP contribution is 2.24. The van der Waals surface area contributed by atoms with Crippen LogP contribution in [0.25, 0.3) is 0 Å². The van der Waals surface area contributed by atoms with Crippen LogP contribution >= 0.6 is 0 Å². The number of rotatable bonds is 8. The van der Waals surface area contributed by atoms with Crippen molar-refractivity contribution in [3.63, 3.8) is 0 Å². The number of benzene rings is 1. The van der Waals surface area contributed by atoms with Crippen molar-refractivity contribution in [1.29, 1.82) is 0 Å². The Labute approximate surface area is 130 Å². The molecule has 0 saturated heterocycles. The van der Waals surface area contributed by atoms with E-state index >= 15 is 0 Å². The highest BCUT2D eigenvalue weighted by atomic mass is 16.5. The Hall–Kier alpha value is -2.28. The zero-order valence-electron chi connectivity index (χ0n) is 13.1. The van der Waals surface area contributed by atoms with Crippen LogP contribution in [-0.4, -0.2) is 44.7 Å². The second-order valence-electron chi connectivity index (χ2n) is 4.59. The molecule has 122 valence electrons. The molecule has 0 aromatic heterocycles. The number of methoxy groups -OCH3 is 1. The normalized spacial score (nSPS) is 11.5. The van der Waals surface area contributed by atoms with Crippen LogP contribution in [0.2, 0.25) is 0 Å². The summed E-state index contributed by atoms with van der Waals surface area (Å²) in [6.45, 7) is 4.54. The Morgan fingerprint density at radius 3 is 2.68 bits per heavy atom. The highest BCUT2D eigenvalue weighted by molar-refractivity contribution is 5.99. The van der Waals surface area contributed by atoms with Crippen LogP contribution < -0.4 is 25.8 Å². The zero-order chi connectivity index (χ0) is 16.5. The lowest BCUT2D eigenvalue weighted by Crippen LogP contribution is -2.44. The predicted molar refractivity (Wildman–Crippen MR) is 83.2 cm³/mol. The quantitative estimate of drug-likeness (QED) is 0.640. The number of carbonyl (C=O) groups excluding carboxylic acids is 2. The fraction of sp³-hybridized carbons (Fsp3) is 0.467. The molecule has 0 bridgehead atoms. The average Bonchev–Trinajstić information content (AvgIpc) is 2.52. The summed E-state index contributed by atoms with van der Waals surface area (Å²) in [6, 6.07) is 4.21. The molecule has 0 saturated carbocycles. The molecule has 1 unspecified atom stereocenters. The molecule has 1 aromatic carbocycles. The van der Waals surface area contributed by atoms with Gasteiger partial charge in [-0.3, -0.25) is 9.59 Å². The number of nitrogens with two attached hydrogens (primary N) is 1. The Kier molecular flexibility index (Phi) is 7.18. The maximum Gasteiger partial charge on any atom is 0.255 e. The van der Waals surface area contributed by atoms with Gasteiger partial charge in [-0.15, -0.1) is 0 Å². The molecule has 0 fully saturated rings. The molecule has 0 aliphatic heterocycles. The van der Waals surface area contributed by atoms with Crippen LogP contribution in [0.15, 0.2) is 18.2 Å². The van der Waals surface area contributed by atoms with E-state index in [-0.39, 0.29) is 12.5 Å². The molecule has 22 heavy (non-hydrogen) atoms. The van der Waals surface area contributed by atoms with Crippen molar-refractivity contribution in [2.45, 2.75) is 19.9 Å². The minimum atomic E-state index is -0.642. The van der Waals surface area contributed by atoms with Gasteiger partial charge < -0.3 is 25.8 Å². The molecule has 2 amide bonds. The van der Waals surface area contributed by atoms with Gasteiger partial charge in [0.1, 0.15) is 24.1 Å². The summed E-state index contributed by atoms with van der Waals surface area (Å²) in [6.07, 6.45) is 0. The van der Waals surface area contributed by atoms with Crippen LogP contribution in [0.5, 0.6) is 11.5 Å². The number of hydrogen-bond donors (Lipinski definition) is 3. The second kappa shape index (κ2) is 8.89. The fourth-order valence-electron chi connectivity index (χ4n) is 1.77. The van der Waals surface area contributed by atoms with Crippen molar-refractivity contribution < 1.29 is 19.1 Å². The van der Waals surface area contributed by atoms with Crippen LogP contribution in [-0.2, 0) is 4.79 Å². The van der Waals surface area contributed by atoms with Gasteiger partial charge in [-0.05, 0) is 26.0 Å². The molecule has 0 radical (unpaired) electrons. The molecular formula is C15H23N3O4. The van der Waals surface area contributed by atoms with Crippen molar-refractivity contribution in [3.8, 4) is 11.5 Å². The summed E-state index contributed by atoms with van der Waals surface area (Å²) in [7, 11) is 1.53. The summed E-state index contributed by atoms with van der Waals surface area (Å²) < 4.78 is 10.6.